The topological polar surface area (TPSA) is 81.9 Å². The van der Waals surface area contributed by atoms with Gasteiger partial charge >= 0.3 is 0 Å². The molecule has 0 saturated heterocycles. The van der Waals surface area contributed by atoms with E-state index in [0.29, 0.717) is 17.1 Å². The van der Waals surface area contributed by atoms with Crippen LogP contribution >= 0.6 is 0 Å². The molecule has 3 heterocycles. The van der Waals surface area contributed by atoms with Gasteiger partial charge in [-0.3, -0.25) is 4.79 Å². The molecule has 7 heteroatoms. The van der Waals surface area contributed by atoms with Crippen LogP contribution in [-0.4, -0.2) is 32.8 Å². The summed E-state index contributed by atoms with van der Waals surface area (Å²) in [4.78, 5) is 16.3. The van der Waals surface area contributed by atoms with Crippen molar-refractivity contribution in [2.45, 2.75) is 25.8 Å². The van der Waals surface area contributed by atoms with E-state index in [0.717, 1.165) is 36.6 Å². The Labute approximate surface area is 151 Å². The van der Waals surface area contributed by atoms with Crippen LogP contribution in [-0.2, 0) is 13.0 Å². The minimum absolute atomic E-state index is 0.215. The molecule has 0 radical (unpaired) electrons. The zero-order valence-corrected chi connectivity index (χ0v) is 14.5. The molecule has 0 atom stereocenters. The van der Waals surface area contributed by atoms with E-state index in [-0.39, 0.29) is 5.91 Å². The fourth-order valence-electron chi connectivity index (χ4n) is 3.06. The van der Waals surface area contributed by atoms with E-state index in [1.165, 1.54) is 19.7 Å². The molecule has 0 saturated carbocycles. The number of nitrogens with zero attached hydrogens (tertiary/aromatic N) is 4. The summed E-state index contributed by atoms with van der Waals surface area (Å²) in [5.74, 6) is 2.20. The van der Waals surface area contributed by atoms with Crippen LogP contribution in [0.1, 0.15) is 29.0 Å². The molecule has 132 valence electrons. The second kappa shape index (κ2) is 6.95. The Morgan fingerprint density at radius 2 is 1.96 bits per heavy atom. The van der Waals surface area contributed by atoms with Gasteiger partial charge in [-0.25, -0.2) is 4.98 Å². The number of aryl methyl sites for hydroxylation is 1. The summed E-state index contributed by atoms with van der Waals surface area (Å²) in [6, 6.07) is 11.0. The largest absolute Gasteiger partial charge is 0.481 e. The summed E-state index contributed by atoms with van der Waals surface area (Å²) < 4.78 is 7.18. The minimum atomic E-state index is -0.215. The van der Waals surface area contributed by atoms with Crippen molar-refractivity contribution in [3.05, 3.63) is 54.0 Å². The number of pyridine rings is 1. The second-order valence-electron chi connectivity index (χ2n) is 6.17. The number of rotatable bonds is 4. The average Bonchev–Trinajstić information content (AvgIpc) is 3.13. The van der Waals surface area contributed by atoms with Crippen molar-refractivity contribution in [2.24, 2.45) is 0 Å². The van der Waals surface area contributed by atoms with Gasteiger partial charge in [0.1, 0.15) is 5.82 Å². The normalized spacial score (nSPS) is 13.1. The molecule has 2 aromatic heterocycles. The maximum Gasteiger partial charge on any atom is 0.257 e. The Hall–Kier alpha value is -3.22. The van der Waals surface area contributed by atoms with Crippen molar-refractivity contribution in [1.82, 2.24) is 19.7 Å². The first-order valence-electron chi connectivity index (χ1n) is 8.58. The molecule has 3 aromatic rings. The first-order chi connectivity index (χ1) is 12.7. The molecule has 7 nitrogen and oxygen atoms in total. The summed E-state index contributed by atoms with van der Waals surface area (Å²) in [5.41, 5.74) is 2.18. The molecule has 1 amide bonds. The van der Waals surface area contributed by atoms with E-state index in [1.807, 2.05) is 24.3 Å². The van der Waals surface area contributed by atoms with E-state index in [2.05, 4.69) is 25.1 Å². The average molecular weight is 349 g/mol. The Morgan fingerprint density at radius 3 is 2.69 bits per heavy atom. The molecule has 0 aliphatic carbocycles. The zero-order valence-electron chi connectivity index (χ0n) is 14.5. The fraction of sp³-hybridized carbons (Fsp3) is 0.263. The van der Waals surface area contributed by atoms with Gasteiger partial charge in [0.2, 0.25) is 5.88 Å². The highest BCUT2D eigenvalue weighted by molar-refractivity contribution is 6.04. The standard InChI is InChI=1S/C19H19N5O2/c1-26-17-10-7-14(12-20-17)19(25)21-15-8-5-13(6-9-15)18-23-22-16-4-2-3-11-24(16)18/h5-10,12H,2-4,11H2,1H3,(H,21,25). The van der Waals surface area contributed by atoms with E-state index < -0.39 is 0 Å². The number of hydrogen-bond acceptors (Lipinski definition) is 5. The van der Waals surface area contributed by atoms with Crippen molar-refractivity contribution in [2.75, 3.05) is 12.4 Å². The molecule has 1 aliphatic heterocycles. The molecule has 1 aliphatic rings. The molecular formula is C19H19N5O2. The number of nitrogens with one attached hydrogen (secondary N) is 1. The van der Waals surface area contributed by atoms with Gasteiger partial charge in [0.25, 0.3) is 5.91 Å². The van der Waals surface area contributed by atoms with Crippen LogP contribution in [0.15, 0.2) is 42.6 Å². The predicted octanol–water partition coefficient (Wildman–Crippen LogP) is 2.94. The molecule has 4 rings (SSSR count). The highest BCUT2D eigenvalue weighted by Crippen LogP contribution is 2.24. The van der Waals surface area contributed by atoms with Gasteiger partial charge in [-0.1, -0.05) is 0 Å². The van der Waals surface area contributed by atoms with Crippen LogP contribution in [0, 0.1) is 0 Å². The molecule has 26 heavy (non-hydrogen) atoms. The quantitative estimate of drug-likeness (QED) is 0.783. The fourth-order valence-corrected chi connectivity index (χ4v) is 3.06. The third kappa shape index (κ3) is 3.15. The molecule has 1 N–H and O–H groups in total. The Morgan fingerprint density at radius 1 is 1.12 bits per heavy atom. The molecule has 1 aromatic carbocycles. The first kappa shape index (κ1) is 16.3. The number of hydrogen-bond donors (Lipinski definition) is 1. The highest BCUT2D eigenvalue weighted by atomic mass is 16.5. The van der Waals surface area contributed by atoms with E-state index in [1.54, 1.807) is 12.1 Å². The minimum Gasteiger partial charge on any atom is -0.481 e. The monoisotopic (exact) mass is 349 g/mol. The molecular weight excluding hydrogens is 330 g/mol. The van der Waals surface area contributed by atoms with Gasteiger partial charge in [-0.2, -0.15) is 0 Å². The van der Waals surface area contributed by atoms with Crippen LogP contribution in [0.2, 0.25) is 0 Å². The number of methoxy groups -OCH3 is 1. The van der Waals surface area contributed by atoms with Gasteiger partial charge < -0.3 is 14.6 Å². The van der Waals surface area contributed by atoms with Gasteiger partial charge in [-0.15, -0.1) is 10.2 Å². The summed E-state index contributed by atoms with van der Waals surface area (Å²) >= 11 is 0. The van der Waals surface area contributed by atoms with E-state index in [9.17, 15) is 4.79 Å². The van der Waals surface area contributed by atoms with E-state index in [4.69, 9.17) is 4.74 Å². The highest BCUT2D eigenvalue weighted by Gasteiger charge is 2.17. The maximum atomic E-state index is 12.3. The van der Waals surface area contributed by atoms with Gasteiger partial charge in [0.05, 0.1) is 12.7 Å². The number of fused-ring (bicyclic) bond motifs is 1. The third-order valence-corrected chi connectivity index (χ3v) is 4.47. The van der Waals surface area contributed by atoms with Crippen molar-refractivity contribution < 1.29 is 9.53 Å². The summed E-state index contributed by atoms with van der Waals surface area (Å²) in [5, 5.41) is 11.5. The lowest BCUT2D eigenvalue weighted by Crippen LogP contribution is -2.12. The number of aromatic nitrogens is 4. The number of carbonyl (C=O) groups excluding carboxylic acids is 1. The summed E-state index contributed by atoms with van der Waals surface area (Å²) in [6.45, 7) is 0.959. The lowest BCUT2D eigenvalue weighted by atomic mass is 10.1. The molecule has 0 fully saturated rings. The molecule has 0 unspecified atom stereocenters. The van der Waals surface area contributed by atoms with Crippen LogP contribution in [0.5, 0.6) is 5.88 Å². The SMILES string of the molecule is COc1ccc(C(=O)Nc2ccc(-c3nnc4n3CCCC4)cc2)cn1. The Bertz CT molecular complexity index is 916. The van der Waals surface area contributed by atoms with Crippen molar-refractivity contribution in [3.8, 4) is 17.3 Å². The summed E-state index contributed by atoms with van der Waals surface area (Å²) in [7, 11) is 1.54. The zero-order chi connectivity index (χ0) is 17.9. The van der Waals surface area contributed by atoms with Crippen molar-refractivity contribution >= 4 is 11.6 Å². The molecule has 0 spiro atoms. The third-order valence-electron chi connectivity index (χ3n) is 4.47. The van der Waals surface area contributed by atoms with Gasteiger partial charge in [-0.05, 0) is 43.2 Å². The lowest BCUT2D eigenvalue weighted by molar-refractivity contribution is 0.102. The van der Waals surface area contributed by atoms with Gasteiger partial charge in [0, 0.05) is 36.5 Å². The first-order valence-corrected chi connectivity index (χ1v) is 8.58. The second-order valence-corrected chi connectivity index (χ2v) is 6.17. The van der Waals surface area contributed by atoms with Crippen LogP contribution in [0.4, 0.5) is 5.69 Å². The number of ether oxygens (including phenoxy) is 1. The molecule has 0 bridgehead atoms. The predicted molar refractivity (Wildman–Crippen MR) is 97.1 cm³/mol. The van der Waals surface area contributed by atoms with Crippen LogP contribution in [0.3, 0.4) is 0 Å². The van der Waals surface area contributed by atoms with Crippen molar-refractivity contribution in [1.29, 1.82) is 0 Å². The number of carbonyl (C=O) groups is 1. The number of benzene rings is 1. The maximum absolute atomic E-state index is 12.3. The van der Waals surface area contributed by atoms with Gasteiger partial charge in [0.15, 0.2) is 5.82 Å². The smallest absolute Gasteiger partial charge is 0.257 e. The van der Waals surface area contributed by atoms with E-state index >= 15 is 0 Å². The lowest BCUT2D eigenvalue weighted by Gasteiger charge is -2.14. The summed E-state index contributed by atoms with van der Waals surface area (Å²) in [6.07, 6.45) is 4.80. The Balaban J connectivity index is 1.49. The van der Waals surface area contributed by atoms with Crippen LogP contribution < -0.4 is 10.1 Å². The number of anilines is 1. The Kier molecular flexibility index (Phi) is 4.35. The number of amides is 1. The van der Waals surface area contributed by atoms with Crippen LogP contribution in [0.25, 0.3) is 11.4 Å². The van der Waals surface area contributed by atoms with Crippen molar-refractivity contribution in [3.63, 3.8) is 0 Å².